The first-order valence-corrected chi connectivity index (χ1v) is 10.6. The Labute approximate surface area is 184 Å². The van der Waals surface area contributed by atoms with Gasteiger partial charge in [-0.1, -0.05) is 12.1 Å². The SMILES string of the molecule is Cc1nc2ncnn2c(C)c1CC(=O)N1CCN(C(=O)C2COc3ccccc3O2)CC1. The Balaban J connectivity index is 1.20. The number of para-hydroxylation sites is 2. The standard InChI is InChI=1S/C22H24N6O4/c1-14-16(15(2)28-22(25-14)23-13-24-28)11-20(29)26-7-9-27(10-8-26)21(30)19-12-31-17-5-3-4-6-18(17)32-19/h3-6,13,19H,7-12H2,1-2H3. The molecule has 1 fully saturated rings. The van der Waals surface area contributed by atoms with E-state index >= 15 is 0 Å². The number of amides is 2. The summed E-state index contributed by atoms with van der Waals surface area (Å²) in [6, 6.07) is 7.32. The fourth-order valence-electron chi connectivity index (χ4n) is 4.20. The molecule has 0 bridgehead atoms. The first-order valence-electron chi connectivity index (χ1n) is 10.6. The molecule has 2 aliphatic rings. The molecule has 0 aliphatic carbocycles. The van der Waals surface area contributed by atoms with Crippen LogP contribution in [0.25, 0.3) is 5.78 Å². The third kappa shape index (κ3) is 3.61. The fraction of sp³-hybridized carbons (Fsp3) is 0.409. The van der Waals surface area contributed by atoms with Gasteiger partial charge in [-0.2, -0.15) is 10.1 Å². The Morgan fingerprint density at radius 2 is 1.78 bits per heavy atom. The van der Waals surface area contributed by atoms with Crippen LogP contribution in [-0.2, 0) is 16.0 Å². The van der Waals surface area contributed by atoms with Crippen molar-refractivity contribution in [1.29, 1.82) is 0 Å². The zero-order chi connectivity index (χ0) is 22.2. The molecule has 1 aromatic carbocycles. The molecule has 3 aromatic rings. The molecule has 10 heteroatoms. The summed E-state index contributed by atoms with van der Waals surface area (Å²) in [5.41, 5.74) is 2.50. The lowest BCUT2D eigenvalue weighted by atomic mass is 10.1. The van der Waals surface area contributed by atoms with Crippen molar-refractivity contribution in [2.45, 2.75) is 26.4 Å². The van der Waals surface area contributed by atoms with Gasteiger partial charge in [-0.3, -0.25) is 9.59 Å². The summed E-state index contributed by atoms with van der Waals surface area (Å²) in [5, 5.41) is 4.18. The molecular formula is C22H24N6O4. The maximum Gasteiger partial charge on any atom is 0.267 e. The number of rotatable bonds is 3. The highest BCUT2D eigenvalue weighted by Gasteiger charge is 2.33. The molecule has 2 amide bonds. The third-order valence-corrected chi connectivity index (χ3v) is 6.04. The van der Waals surface area contributed by atoms with Crippen molar-refractivity contribution in [2.24, 2.45) is 0 Å². The van der Waals surface area contributed by atoms with Gasteiger partial charge in [0.2, 0.25) is 12.0 Å². The molecule has 2 aliphatic heterocycles. The van der Waals surface area contributed by atoms with E-state index in [1.165, 1.54) is 6.33 Å². The first kappa shape index (κ1) is 20.2. The Bertz CT molecular complexity index is 1180. The van der Waals surface area contributed by atoms with Crippen molar-refractivity contribution in [2.75, 3.05) is 32.8 Å². The minimum atomic E-state index is -0.669. The number of hydrogen-bond donors (Lipinski definition) is 0. The van der Waals surface area contributed by atoms with E-state index < -0.39 is 6.10 Å². The van der Waals surface area contributed by atoms with Crippen molar-refractivity contribution in [3.05, 3.63) is 47.5 Å². The van der Waals surface area contributed by atoms with Gasteiger partial charge in [0, 0.05) is 43.1 Å². The van der Waals surface area contributed by atoms with E-state index in [-0.39, 0.29) is 24.8 Å². The van der Waals surface area contributed by atoms with Crippen molar-refractivity contribution >= 4 is 17.6 Å². The Hall–Kier alpha value is -3.69. The quantitative estimate of drug-likeness (QED) is 0.598. The van der Waals surface area contributed by atoms with Crippen LogP contribution in [0.1, 0.15) is 17.0 Å². The topological polar surface area (TPSA) is 102 Å². The van der Waals surface area contributed by atoms with Crippen LogP contribution in [0.5, 0.6) is 11.5 Å². The first-order chi connectivity index (χ1) is 15.5. The molecule has 166 valence electrons. The molecule has 0 radical (unpaired) electrons. The van der Waals surface area contributed by atoms with Gasteiger partial charge >= 0.3 is 0 Å². The van der Waals surface area contributed by atoms with Crippen LogP contribution in [0.4, 0.5) is 0 Å². The number of ether oxygens (including phenoxy) is 2. The van der Waals surface area contributed by atoms with Gasteiger partial charge < -0.3 is 19.3 Å². The number of piperazine rings is 1. The van der Waals surface area contributed by atoms with Crippen molar-refractivity contribution in [3.8, 4) is 11.5 Å². The smallest absolute Gasteiger partial charge is 0.267 e. The van der Waals surface area contributed by atoms with E-state index in [1.807, 2.05) is 32.0 Å². The zero-order valence-electron chi connectivity index (χ0n) is 18.0. The molecule has 32 heavy (non-hydrogen) atoms. The Morgan fingerprint density at radius 1 is 1.06 bits per heavy atom. The fourth-order valence-corrected chi connectivity index (χ4v) is 4.20. The molecule has 0 saturated carbocycles. The van der Waals surface area contributed by atoms with Crippen LogP contribution in [0.15, 0.2) is 30.6 Å². The third-order valence-electron chi connectivity index (χ3n) is 6.04. The number of carbonyl (C=O) groups excluding carboxylic acids is 2. The number of hydrogen-bond acceptors (Lipinski definition) is 7. The minimum Gasteiger partial charge on any atom is -0.485 e. The molecule has 10 nitrogen and oxygen atoms in total. The molecule has 2 aromatic heterocycles. The molecular weight excluding hydrogens is 412 g/mol. The highest BCUT2D eigenvalue weighted by Crippen LogP contribution is 2.31. The van der Waals surface area contributed by atoms with Gasteiger partial charge in [0.15, 0.2) is 11.5 Å². The van der Waals surface area contributed by atoms with Gasteiger partial charge in [0.25, 0.3) is 11.7 Å². The number of carbonyl (C=O) groups is 2. The molecule has 0 N–H and O–H groups in total. The van der Waals surface area contributed by atoms with Crippen LogP contribution in [0.2, 0.25) is 0 Å². The molecule has 4 heterocycles. The van der Waals surface area contributed by atoms with E-state index in [0.29, 0.717) is 43.5 Å². The number of benzene rings is 1. The summed E-state index contributed by atoms with van der Waals surface area (Å²) in [6.45, 7) is 5.86. The number of fused-ring (bicyclic) bond motifs is 2. The van der Waals surface area contributed by atoms with Crippen LogP contribution >= 0.6 is 0 Å². The second-order valence-electron chi connectivity index (χ2n) is 7.98. The average molecular weight is 436 g/mol. The highest BCUT2D eigenvalue weighted by atomic mass is 16.6. The minimum absolute atomic E-state index is 0.00995. The second-order valence-corrected chi connectivity index (χ2v) is 7.98. The summed E-state index contributed by atoms with van der Waals surface area (Å²) in [7, 11) is 0. The number of nitrogens with zero attached hydrogens (tertiary/aromatic N) is 6. The second kappa shape index (κ2) is 8.10. The molecule has 1 atom stereocenters. The van der Waals surface area contributed by atoms with E-state index in [4.69, 9.17) is 9.47 Å². The summed E-state index contributed by atoms with van der Waals surface area (Å²) >= 11 is 0. The Morgan fingerprint density at radius 3 is 2.56 bits per heavy atom. The van der Waals surface area contributed by atoms with Gasteiger partial charge in [-0.05, 0) is 26.0 Å². The lowest BCUT2D eigenvalue weighted by molar-refractivity contribution is -0.146. The summed E-state index contributed by atoms with van der Waals surface area (Å²) < 4.78 is 13.2. The average Bonchev–Trinajstić information content (AvgIpc) is 3.29. The van der Waals surface area contributed by atoms with Crippen molar-refractivity contribution in [3.63, 3.8) is 0 Å². The van der Waals surface area contributed by atoms with E-state index in [2.05, 4.69) is 15.1 Å². The molecule has 1 saturated heterocycles. The van der Waals surface area contributed by atoms with Crippen LogP contribution in [0.3, 0.4) is 0 Å². The number of aryl methyl sites for hydroxylation is 2. The van der Waals surface area contributed by atoms with Crippen LogP contribution in [-0.4, -0.2) is 80.1 Å². The molecule has 1 unspecified atom stereocenters. The predicted octanol–water partition coefficient (Wildman–Crippen LogP) is 0.794. The van der Waals surface area contributed by atoms with Gasteiger partial charge in [0.1, 0.15) is 12.9 Å². The predicted molar refractivity (Wildman–Crippen MR) is 113 cm³/mol. The largest absolute Gasteiger partial charge is 0.485 e. The maximum atomic E-state index is 13.0. The highest BCUT2D eigenvalue weighted by molar-refractivity contribution is 5.83. The van der Waals surface area contributed by atoms with Gasteiger partial charge in [0.05, 0.1) is 6.42 Å². The summed E-state index contributed by atoms with van der Waals surface area (Å²) in [4.78, 5) is 38.0. The van der Waals surface area contributed by atoms with E-state index in [1.54, 1.807) is 20.4 Å². The van der Waals surface area contributed by atoms with E-state index in [9.17, 15) is 9.59 Å². The molecule has 5 rings (SSSR count). The van der Waals surface area contributed by atoms with Crippen LogP contribution in [0, 0.1) is 13.8 Å². The zero-order valence-corrected chi connectivity index (χ0v) is 18.0. The summed E-state index contributed by atoms with van der Waals surface area (Å²) in [5.74, 6) is 1.65. The monoisotopic (exact) mass is 436 g/mol. The van der Waals surface area contributed by atoms with Gasteiger partial charge in [-0.15, -0.1) is 0 Å². The lowest BCUT2D eigenvalue weighted by Gasteiger charge is -2.37. The van der Waals surface area contributed by atoms with Gasteiger partial charge in [-0.25, -0.2) is 9.50 Å². The maximum absolute atomic E-state index is 13.0. The van der Waals surface area contributed by atoms with Crippen molar-refractivity contribution < 1.29 is 19.1 Å². The molecule has 0 spiro atoms. The Kier molecular flexibility index (Phi) is 5.12. The van der Waals surface area contributed by atoms with Crippen LogP contribution < -0.4 is 9.47 Å². The normalized spacial score (nSPS) is 18.1. The number of aromatic nitrogens is 4. The summed E-state index contributed by atoms with van der Waals surface area (Å²) in [6.07, 6.45) is 1.03. The van der Waals surface area contributed by atoms with Crippen molar-refractivity contribution in [1.82, 2.24) is 29.4 Å². The lowest BCUT2D eigenvalue weighted by Crippen LogP contribution is -2.55. The van der Waals surface area contributed by atoms with E-state index in [0.717, 1.165) is 17.0 Å².